The second-order valence-electron chi connectivity index (χ2n) is 2.89. The summed E-state index contributed by atoms with van der Waals surface area (Å²) in [7, 11) is 0. The monoisotopic (exact) mass is 207 g/mol. The average molecular weight is 207 g/mol. The van der Waals surface area contributed by atoms with Crippen LogP contribution in [0.2, 0.25) is 0 Å². The highest BCUT2D eigenvalue weighted by molar-refractivity contribution is 5.77. The molecule has 2 N–H and O–H groups in total. The summed E-state index contributed by atoms with van der Waals surface area (Å²) in [6.07, 6.45) is 1.47. The van der Waals surface area contributed by atoms with Gasteiger partial charge in [-0.25, -0.2) is 4.79 Å². The molecular weight excluding hydrogens is 194 g/mol. The van der Waals surface area contributed by atoms with Crippen molar-refractivity contribution in [3.63, 3.8) is 0 Å². The van der Waals surface area contributed by atoms with Crippen molar-refractivity contribution >= 4 is 5.97 Å². The van der Waals surface area contributed by atoms with Crippen LogP contribution in [0.3, 0.4) is 0 Å². The molecule has 4 nitrogen and oxygen atoms in total. The lowest BCUT2D eigenvalue weighted by atomic mass is 10.1. The molecule has 0 aromatic heterocycles. The number of esters is 1. The topological polar surface area (TPSA) is 58.6 Å². The van der Waals surface area contributed by atoms with Gasteiger partial charge in [0.1, 0.15) is 6.61 Å². The first-order valence-corrected chi connectivity index (χ1v) is 4.51. The van der Waals surface area contributed by atoms with Gasteiger partial charge in [-0.05, 0) is 5.56 Å². The van der Waals surface area contributed by atoms with E-state index >= 15 is 0 Å². The maximum atomic E-state index is 11.4. The van der Waals surface area contributed by atoms with Crippen LogP contribution in [0.5, 0.6) is 0 Å². The van der Waals surface area contributed by atoms with E-state index < -0.39 is 12.0 Å². The number of hydrogen-bond acceptors (Lipinski definition) is 4. The zero-order valence-corrected chi connectivity index (χ0v) is 8.22. The summed E-state index contributed by atoms with van der Waals surface area (Å²) in [6, 6.07) is 7.98. The number of hydroxylamine groups is 1. The van der Waals surface area contributed by atoms with Gasteiger partial charge in [0.25, 0.3) is 0 Å². The summed E-state index contributed by atoms with van der Waals surface area (Å²) in [5, 5.41) is 8.87. The second kappa shape index (κ2) is 5.95. The van der Waals surface area contributed by atoms with Gasteiger partial charge in [-0.15, -0.1) is 0 Å². The van der Waals surface area contributed by atoms with Crippen LogP contribution >= 0.6 is 0 Å². The van der Waals surface area contributed by atoms with Crippen molar-refractivity contribution in [2.75, 3.05) is 6.61 Å². The van der Waals surface area contributed by atoms with E-state index in [0.717, 1.165) is 0 Å². The van der Waals surface area contributed by atoms with Crippen molar-refractivity contribution < 1.29 is 14.7 Å². The van der Waals surface area contributed by atoms with E-state index in [2.05, 4.69) is 6.58 Å². The van der Waals surface area contributed by atoms with Crippen LogP contribution in [0.1, 0.15) is 11.6 Å². The van der Waals surface area contributed by atoms with E-state index in [1.165, 1.54) is 6.08 Å². The van der Waals surface area contributed by atoms with Crippen LogP contribution < -0.4 is 5.48 Å². The Labute approximate surface area is 88.1 Å². The summed E-state index contributed by atoms with van der Waals surface area (Å²) in [5.41, 5.74) is 2.57. The Morgan fingerprint density at radius 3 is 2.73 bits per heavy atom. The van der Waals surface area contributed by atoms with E-state index in [0.29, 0.717) is 5.56 Å². The van der Waals surface area contributed by atoms with Crippen LogP contribution in [0, 0.1) is 0 Å². The highest BCUT2D eigenvalue weighted by Gasteiger charge is 2.20. The molecule has 1 atom stereocenters. The van der Waals surface area contributed by atoms with Gasteiger partial charge < -0.3 is 9.94 Å². The molecule has 0 radical (unpaired) electrons. The molecule has 15 heavy (non-hydrogen) atoms. The van der Waals surface area contributed by atoms with E-state index in [1.807, 2.05) is 11.5 Å². The van der Waals surface area contributed by atoms with Gasteiger partial charge in [-0.3, -0.25) is 0 Å². The molecule has 4 heteroatoms. The molecule has 0 saturated carbocycles. The van der Waals surface area contributed by atoms with Gasteiger partial charge in [0, 0.05) is 0 Å². The SMILES string of the molecule is C=CCOC(=O)C(NO)c1ccccc1. The van der Waals surface area contributed by atoms with Gasteiger partial charge in [0.2, 0.25) is 0 Å². The minimum Gasteiger partial charge on any atom is -0.460 e. The lowest BCUT2D eigenvalue weighted by molar-refractivity contribution is -0.148. The van der Waals surface area contributed by atoms with Crippen LogP contribution in [0.25, 0.3) is 0 Å². The quantitative estimate of drug-likeness (QED) is 0.435. The number of carbonyl (C=O) groups is 1. The number of ether oxygens (including phenoxy) is 1. The molecule has 1 aromatic rings. The molecule has 1 aromatic carbocycles. The van der Waals surface area contributed by atoms with Crippen molar-refractivity contribution in [1.82, 2.24) is 5.48 Å². The van der Waals surface area contributed by atoms with Gasteiger partial charge in [-0.1, -0.05) is 43.0 Å². The molecule has 0 aliphatic rings. The maximum absolute atomic E-state index is 11.4. The first-order chi connectivity index (χ1) is 7.29. The molecule has 1 rings (SSSR count). The molecule has 0 heterocycles. The Hall–Kier alpha value is -1.65. The Balaban J connectivity index is 2.71. The normalized spacial score (nSPS) is 11.8. The van der Waals surface area contributed by atoms with Crippen molar-refractivity contribution in [2.24, 2.45) is 0 Å². The number of hydrogen-bond donors (Lipinski definition) is 2. The third kappa shape index (κ3) is 3.19. The maximum Gasteiger partial charge on any atom is 0.330 e. The highest BCUT2D eigenvalue weighted by atomic mass is 16.5. The molecular formula is C11H13NO3. The summed E-state index contributed by atoms with van der Waals surface area (Å²) >= 11 is 0. The molecule has 0 saturated heterocycles. The zero-order chi connectivity index (χ0) is 11.1. The summed E-state index contributed by atoms with van der Waals surface area (Å²) in [5.74, 6) is -0.538. The molecule has 0 spiro atoms. The third-order valence-electron chi connectivity index (χ3n) is 1.84. The minimum atomic E-state index is -0.855. The molecule has 80 valence electrons. The van der Waals surface area contributed by atoms with E-state index in [-0.39, 0.29) is 6.61 Å². The third-order valence-corrected chi connectivity index (χ3v) is 1.84. The predicted molar refractivity (Wildman–Crippen MR) is 55.3 cm³/mol. The Morgan fingerprint density at radius 1 is 1.53 bits per heavy atom. The van der Waals surface area contributed by atoms with Crippen molar-refractivity contribution in [3.05, 3.63) is 48.6 Å². The Morgan fingerprint density at radius 2 is 2.20 bits per heavy atom. The molecule has 1 unspecified atom stereocenters. The molecule has 0 amide bonds. The minimum absolute atomic E-state index is 0.129. The standard InChI is InChI=1S/C11H13NO3/c1-2-8-15-11(13)10(12-14)9-6-4-3-5-7-9/h2-7,10,12,14H,1,8H2. The van der Waals surface area contributed by atoms with Crippen molar-refractivity contribution in [3.8, 4) is 0 Å². The smallest absolute Gasteiger partial charge is 0.330 e. The van der Waals surface area contributed by atoms with Crippen LogP contribution in [0.15, 0.2) is 43.0 Å². The zero-order valence-electron chi connectivity index (χ0n) is 8.22. The molecule has 0 bridgehead atoms. The van der Waals surface area contributed by atoms with Gasteiger partial charge in [0.15, 0.2) is 6.04 Å². The fraction of sp³-hybridized carbons (Fsp3) is 0.182. The Kier molecular flexibility index (Phi) is 4.53. The Bertz CT molecular complexity index is 324. The van der Waals surface area contributed by atoms with Crippen molar-refractivity contribution in [2.45, 2.75) is 6.04 Å². The lowest BCUT2D eigenvalue weighted by Crippen LogP contribution is -2.27. The summed E-state index contributed by atoms with van der Waals surface area (Å²) < 4.78 is 4.82. The van der Waals surface area contributed by atoms with E-state index in [1.54, 1.807) is 24.3 Å². The first-order valence-electron chi connectivity index (χ1n) is 4.51. The largest absolute Gasteiger partial charge is 0.460 e. The van der Waals surface area contributed by atoms with E-state index in [9.17, 15) is 4.79 Å². The van der Waals surface area contributed by atoms with Crippen LogP contribution in [0.4, 0.5) is 0 Å². The fourth-order valence-corrected chi connectivity index (χ4v) is 1.13. The number of carbonyl (C=O) groups excluding carboxylic acids is 1. The van der Waals surface area contributed by atoms with Gasteiger partial charge >= 0.3 is 5.97 Å². The number of benzene rings is 1. The van der Waals surface area contributed by atoms with E-state index in [4.69, 9.17) is 9.94 Å². The fourth-order valence-electron chi connectivity index (χ4n) is 1.13. The van der Waals surface area contributed by atoms with Crippen LogP contribution in [-0.4, -0.2) is 17.8 Å². The van der Waals surface area contributed by atoms with Crippen molar-refractivity contribution in [1.29, 1.82) is 0 Å². The molecule has 0 fully saturated rings. The highest BCUT2D eigenvalue weighted by Crippen LogP contribution is 2.13. The average Bonchev–Trinajstić information content (AvgIpc) is 2.29. The van der Waals surface area contributed by atoms with Gasteiger partial charge in [-0.2, -0.15) is 5.48 Å². The summed E-state index contributed by atoms with van der Waals surface area (Å²) in [4.78, 5) is 11.4. The second-order valence-corrected chi connectivity index (χ2v) is 2.89. The predicted octanol–water partition coefficient (Wildman–Crippen LogP) is 1.44. The lowest BCUT2D eigenvalue weighted by Gasteiger charge is -2.13. The summed E-state index contributed by atoms with van der Waals surface area (Å²) in [6.45, 7) is 3.56. The van der Waals surface area contributed by atoms with Gasteiger partial charge in [0.05, 0.1) is 0 Å². The number of rotatable bonds is 5. The first kappa shape index (κ1) is 11.4. The molecule has 0 aliphatic heterocycles. The molecule has 0 aliphatic carbocycles. The van der Waals surface area contributed by atoms with Crippen LogP contribution in [-0.2, 0) is 9.53 Å². The number of nitrogens with one attached hydrogen (secondary N) is 1.